The molecule has 0 radical (unpaired) electrons. The fourth-order valence-corrected chi connectivity index (χ4v) is 4.03. The predicted octanol–water partition coefficient (Wildman–Crippen LogP) is 2.55. The Kier molecular flexibility index (Phi) is 12.4. The minimum absolute atomic E-state index is 0.000117. The van der Waals surface area contributed by atoms with Gasteiger partial charge in [-0.15, -0.1) is 0 Å². The summed E-state index contributed by atoms with van der Waals surface area (Å²) in [5.74, 6) is -3.24. The Morgan fingerprint density at radius 3 is 1.82 bits per heavy atom. The summed E-state index contributed by atoms with van der Waals surface area (Å²) < 4.78 is 26.4. The average Bonchev–Trinajstić information content (AvgIpc) is 3.26. The van der Waals surface area contributed by atoms with Gasteiger partial charge in [-0.2, -0.15) is 0 Å². The molecule has 2 N–H and O–H groups in total. The Morgan fingerprint density at radius 1 is 0.692 bits per heavy atom. The van der Waals surface area contributed by atoms with Gasteiger partial charge < -0.3 is 34.1 Å². The molecule has 0 saturated heterocycles. The van der Waals surface area contributed by atoms with E-state index < -0.39 is 30.2 Å². The van der Waals surface area contributed by atoms with Crippen LogP contribution in [0.1, 0.15) is 29.9 Å². The fourth-order valence-electron chi connectivity index (χ4n) is 4.03. The van der Waals surface area contributed by atoms with E-state index in [1.807, 2.05) is 24.3 Å². The summed E-state index contributed by atoms with van der Waals surface area (Å²) in [6.07, 6.45) is -1.17. The topological polar surface area (TPSA) is 147 Å². The predicted molar refractivity (Wildman–Crippen MR) is 138 cm³/mol. The van der Waals surface area contributed by atoms with Gasteiger partial charge in [-0.3, -0.25) is 9.59 Å². The molecule has 1 amide bonds. The molecule has 0 bridgehead atoms. The van der Waals surface area contributed by atoms with Crippen LogP contribution < -0.4 is 5.32 Å². The number of ketones is 1. The highest BCUT2D eigenvalue weighted by Crippen LogP contribution is 2.44. The minimum atomic E-state index is -1.57. The number of carboxylic acids is 1. The summed E-state index contributed by atoms with van der Waals surface area (Å²) >= 11 is 0. The van der Waals surface area contributed by atoms with E-state index in [1.165, 1.54) is 11.1 Å². The van der Waals surface area contributed by atoms with E-state index in [4.69, 9.17) is 28.8 Å². The first kappa shape index (κ1) is 29.8. The average molecular weight is 544 g/mol. The van der Waals surface area contributed by atoms with Crippen LogP contribution in [0.4, 0.5) is 4.79 Å². The molecule has 39 heavy (non-hydrogen) atoms. The summed E-state index contributed by atoms with van der Waals surface area (Å²) in [6, 6.07) is 16.3. The minimum Gasteiger partial charge on any atom is -0.476 e. The van der Waals surface area contributed by atoms with E-state index in [0.29, 0.717) is 39.6 Å². The number of ether oxygens (including phenoxy) is 5. The van der Waals surface area contributed by atoms with Crippen LogP contribution in [0.3, 0.4) is 0 Å². The van der Waals surface area contributed by atoms with Crippen molar-refractivity contribution >= 4 is 23.8 Å². The van der Waals surface area contributed by atoms with E-state index in [2.05, 4.69) is 29.6 Å². The van der Waals surface area contributed by atoms with Gasteiger partial charge in [0.15, 0.2) is 0 Å². The van der Waals surface area contributed by atoms with Gasteiger partial charge in [-0.25, -0.2) is 9.59 Å². The highest BCUT2D eigenvalue weighted by Gasteiger charge is 2.28. The summed E-state index contributed by atoms with van der Waals surface area (Å²) in [7, 11) is 0. The molecule has 0 unspecified atom stereocenters. The van der Waals surface area contributed by atoms with Gasteiger partial charge in [-0.05, 0) is 22.3 Å². The Labute approximate surface area is 226 Å². The van der Waals surface area contributed by atoms with Crippen molar-refractivity contribution in [1.82, 2.24) is 5.32 Å². The van der Waals surface area contributed by atoms with E-state index in [0.717, 1.165) is 11.1 Å². The number of Topliss-reactive ketones (excluding diaryl/α,β-unsaturated/α-hetero) is 1. The zero-order valence-electron chi connectivity index (χ0n) is 21.6. The number of carbonyl (C=O) groups excluding carboxylic acids is 3. The van der Waals surface area contributed by atoms with E-state index in [-0.39, 0.29) is 32.2 Å². The number of esters is 1. The van der Waals surface area contributed by atoms with Gasteiger partial charge >= 0.3 is 18.0 Å². The van der Waals surface area contributed by atoms with Crippen molar-refractivity contribution in [2.45, 2.75) is 18.8 Å². The molecular weight excluding hydrogens is 510 g/mol. The third kappa shape index (κ3) is 9.78. The Hall–Kier alpha value is -3.80. The van der Waals surface area contributed by atoms with Crippen molar-refractivity contribution in [3.05, 3.63) is 59.7 Å². The molecule has 2 aromatic rings. The van der Waals surface area contributed by atoms with Crippen molar-refractivity contribution in [2.75, 3.05) is 59.4 Å². The number of benzene rings is 2. The van der Waals surface area contributed by atoms with Crippen LogP contribution in [-0.4, -0.2) is 88.3 Å². The largest absolute Gasteiger partial charge is 0.476 e. The fraction of sp³-hybridized carbons (Fsp3) is 0.429. The first-order valence-electron chi connectivity index (χ1n) is 12.7. The number of amides is 1. The lowest BCUT2D eigenvalue weighted by Gasteiger charge is -2.14. The van der Waals surface area contributed by atoms with Crippen LogP contribution in [0.15, 0.2) is 48.5 Å². The third-order valence-corrected chi connectivity index (χ3v) is 5.89. The van der Waals surface area contributed by atoms with E-state index in [9.17, 15) is 19.2 Å². The number of carbonyl (C=O) groups is 4. The molecule has 0 aromatic heterocycles. The highest BCUT2D eigenvalue weighted by atomic mass is 16.6. The number of nitrogens with one attached hydrogen (secondary N) is 1. The van der Waals surface area contributed by atoms with Crippen molar-refractivity contribution in [3.63, 3.8) is 0 Å². The van der Waals surface area contributed by atoms with Crippen LogP contribution in [0.5, 0.6) is 0 Å². The van der Waals surface area contributed by atoms with Crippen molar-refractivity contribution in [1.29, 1.82) is 0 Å². The van der Waals surface area contributed by atoms with Gasteiger partial charge in [0.25, 0.3) is 0 Å². The molecule has 3 rings (SSSR count). The quantitative estimate of drug-likeness (QED) is 0.163. The van der Waals surface area contributed by atoms with Crippen molar-refractivity contribution in [2.24, 2.45) is 0 Å². The SMILES string of the molecule is O=C(CCC(=O)C(=O)O)OCCOCCOCCOCCNC(=O)OCC1c2ccccc2-c2ccccc21. The second-order valence-corrected chi connectivity index (χ2v) is 8.54. The molecule has 0 spiro atoms. The number of fused-ring (bicyclic) bond motifs is 3. The van der Waals surface area contributed by atoms with Crippen LogP contribution in [0.25, 0.3) is 11.1 Å². The Bertz CT molecular complexity index is 1070. The van der Waals surface area contributed by atoms with Gasteiger partial charge in [0.2, 0.25) is 5.78 Å². The molecule has 0 aliphatic heterocycles. The molecule has 0 heterocycles. The van der Waals surface area contributed by atoms with Gasteiger partial charge in [-0.1, -0.05) is 48.5 Å². The number of hydrogen-bond donors (Lipinski definition) is 2. The highest BCUT2D eigenvalue weighted by molar-refractivity contribution is 6.32. The molecule has 1 aliphatic rings. The summed E-state index contributed by atoms with van der Waals surface area (Å²) in [5.41, 5.74) is 4.67. The van der Waals surface area contributed by atoms with Gasteiger partial charge in [0, 0.05) is 18.9 Å². The van der Waals surface area contributed by atoms with Crippen LogP contribution >= 0.6 is 0 Å². The third-order valence-electron chi connectivity index (χ3n) is 5.89. The second-order valence-electron chi connectivity index (χ2n) is 8.54. The summed E-state index contributed by atoms with van der Waals surface area (Å²) in [5, 5.41) is 11.1. The van der Waals surface area contributed by atoms with Gasteiger partial charge in [0.05, 0.1) is 46.1 Å². The second kappa shape index (κ2) is 16.2. The first-order valence-corrected chi connectivity index (χ1v) is 12.7. The smallest absolute Gasteiger partial charge is 0.407 e. The van der Waals surface area contributed by atoms with E-state index in [1.54, 1.807) is 0 Å². The standard InChI is InChI=1S/C28H33NO10/c30-25(27(32)33)9-10-26(31)38-18-17-37-16-15-36-14-13-35-12-11-29-28(34)39-19-24-22-7-3-1-5-20(22)21-6-2-4-8-23(21)24/h1-8,24H,9-19H2,(H,29,34)(H,32,33). The lowest BCUT2D eigenvalue weighted by atomic mass is 9.98. The first-order chi connectivity index (χ1) is 19.0. The Morgan fingerprint density at radius 2 is 1.23 bits per heavy atom. The van der Waals surface area contributed by atoms with Crippen LogP contribution in [0, 0.1) is 0 Å². The zero-order chi connectivity index (χ0) is 27.9. The van der Waals surface area contributed by atoms with Crippen LogP contribution in [-0.2, 0) is 38.1 Å². The molecule has 11 nitrogen and oxygen atoms in total. The molecule has 210 valence electrons. The summed E-state index contributed by atoms with van der Waals surface area (Å²) in [4.78, 5) is 44.8. The Balaban J connectivity index is 1.13. The summed E-state index contributed by atoms with van der Waals surface area (Å²) in [6.45, 7) is 2.34. The molecule has 0 saturated carbocycles. The molecule has 0 fully saturated rings. The number of hydrogen-bond acceptors (Lipinski definition) is 9. The van der Waals surface area contributed by atoms with Gasteiger partial charge in [0.1, 0.15) is 13.2 Å². The lowest BCUT2D eigenvalue weighted by molar-refractivity contribution is -0.151. The molecule has 11 heteroatoms. The molecular formula is C28H33NO10. The van der Waals surface area contributed by atoms with E-state index >= 15 is 0 Å². The lowest BCUT2D eigenvalue weighted by Crippen LogP contribution is -2.29. The zero-order valence-corrected chi connectivity index (χ0v) is 21.6. The maximum atomic E-state index is 12.1. The maximum Gasteiger partial charge on any atom is 0.407 e. The van der Waals surface area contributed by atoms with Crippen molar-refractivity contribution < 1.29 is 48.0 Å². The molecule has 0 atom stereocenters. The monoisotopic (exact) mass is 543 g/mol. The number of rotatable bonds is 18. The molecule has 2 aromatic carbocycles. The number of aliphatic carboxylic acids is 1. The molecule has 1 aliphatic carbocycles. The number of carboxylic acid groups (broad SMARTS) is 1. The maximum absolute atomic E-state index is 12.1. The van der Waals surface area contributed by atoms with Crippen molar-refractivity contribution in [3.8, 4) is 11.1 Å². The van der Waals surface area contributed by atoms with Crippen LogP contribution in [0.2, 0.25) is 0 Å². The normalized spacial score (nSPS) is 11.9. The number of alkyl carbamates (subject to hydrolysis) is 1.